The van der Waals surface area contributed by atoms with E-state index in [1.165, 1.54) is 5.56 Å². The number of hydrogen-bond acceptors (Lipinski definition) is 4. The molecule has 21 heavy (non-hydrogen) atoms. The molecule has 0 spiro atoms. The molecule has 0 saturated carbocycles. The average molecular weight is 300 g/mol. The molecule has 6 heteroatoms. The molecule has 0 atom stereocenters. The van der Waals surface area contributed by atoms with Crippen molar-refractivity contribution in [3.05, 3.63) is 53.1 Å². The maximum Gasteiger partial charge on any atom is 0.189 e. The summed E-state index contributed by atoms with van der Waals surface area (Å²) in [6, 6.07) is 13.5. The van der Waals surface area contributed by atoms with Gasteiger partial charge in [-0.2, -0.15) is 4.68 Å². The zero-order valence-corrected chi connectivity index (χ0v) is 12.2. The number of nitrogens with two attached hydrogens (primary N) is 1. The van der Waals surface area contributed by atoms with E-state index < -0.39 is 0 Å². The van der Waals surface area contributed by atoms with Crippen LogP contribution in [0.4, 0.5) is 5.69 Å². The van der Waals surface area contributed by atoms with Crippen molar-refractivity contribution >= 4 is 17.3 Å². The Hall–Kier alpha value is -2.40. The second-order valence-electron chi connectivity index (χ2n) is 4.64. The number of nitrogens with zero attached hydrogens (tertiary/aromatic N) is 4. The number of nitrogen functional groups attached to an aromatic ring is 1. The maximum atomic E-state index is 6.07. The first-order valence-corrected chi connectivity index (χ1v) is 7.00. The number of aryl methyl sites for hydroxylation is 1. The van der Waals surface area contributed by atoms with Crippen molar-refractivity contribution in [3.8, 4) is 17.1 Å². The zero-order chi connectivity index (χ0) is 14.8. The standard InChI is InChI=1S/C15H14ClN5/c1-2-10-6-8-11(9-7-10)21-15(18-19-20-21)12-4-3-5-13(16)14(12)17/h3-9H,2,17H2,1H3. The van der Waals surface area contributed by atoms with Gasteiger partial charge in [0.15, 0.2) is 5.82 Å². The summed E-state index contributed by atoms with van der Waals surface area (Å²) in [5.74, 6) is 0.569. The van der Waals surface area contributed by atoms with Gasteiger partial charge in [0.2, 0.25) is 0 Å². The average Bonchev–Trinajstić information content (AvgIpc) is 2.99. The summed E-state index contributed by atoms with van der Waals surface area (Å²) in [6.45, 7) is 2.12. The Bertz CT molecular complexity index is 764. The molecule has 2 aromatic carbocycles. The van der Waals surface area contributed by atoms with Crippen molar-refractivity contribution in [2.75, 3.05) is 5.73 Å². The fraction of sp³-hybridized carbons (Fsp3) is 0.133. The Balaban J connectivity index is 2.10. The third-order valence-corrected chi connectivity index (χ3v) is 3.68. The molecule has 0 radical (unpaired) electrons. The highest BCUT2D eigenvalue weighted by Crippen LogP contribution is 2.30. The van der Waals surface area contributed by atoms with Gasteiger partial charge in [-0.05, 0) is 46.7 Å². The lowest BCUT2D eigenvalue weighted by atomic mass is 10.1. The number of aromatic nitrogens is 4. The maximum absolute atomic E-state index is 6.07. The Morgan fingerprint density at radius 3 is 2.62 bits per heavy atom. The van der Waals surface area contributed by atoms with Crippen LogP contribution in [-0.4, -0.2) is 20.2 Å². The third-order valence-electron chi connectivity index (χ3n) is 3.35. The molecular weight excluding hydrogens is 286 g/mol. The SMILES string of the molecule is CCc1ccc(-n2nnnc2-c2cccc(Cl)c2N)cc1. The molecular formula is C15H14ClN5. The van der Waals surface area contributed by atoms with E-state index in [9.17, 15) is 0 Å². The molecule has 1 heterocycles. The number of halogens is 1. The van der Waals surface area contributed by atoms with E-state index in [1.807, 2.05) is 24.3 Å². The van der Waals surface area contributed by atoms with Crippen LogP contribution in [0, 0.1) is 0 Å². The number of rotatable bonds is 3. The molecule has 0 unspecified atom stereocenters. The van der Waals surface area contributed by atoms with Gasteiger partial charge < -0.3 is 5.73 Å². The second kappa shape index (κ2) is 5.54. The Morgan fingerprint density at radius 2 is 1.90 bits per heavy atom. The highest BCUT2D eigenvalue weighted by atomic mass is 35.5. The van der Waals surface area contributed by atoms with Gasteiger partial charge in [-0.1, -0.05) is 36.7 Å². The predicted octanol–water partition coefficient (Wildman–Crippen LogP) is 3.13. The van der Waals surface area contributed by atoms with Gasteiger partial charge in [-0.15, -0.1) is 5.10 Å². The smallest absolute Gasteiger partial charge is 0.189 e. The lowest BCUT2D eigenvalue weighted by molar-refractivity contribution is 0.791. The van der Waals surface area contributed by atoms with E-state index in [4.69, 9.17) is 17.3 Å². The van der Waals surface area contributed by atoms with Crippen molar-refractivity contribution in [1.29, 1.82) is 0 Å². The van der Waals surface area contributed by atoms with Gasteiger partial charge in [-0.3, -0.25) is 0 Å². The van der Waals surface area contributed by atoms with E-state index in [2.05, 4.69) is 34.6 Å². The highest BCUT2D eigenvalue weighted by molar-refractivity contribution is 6.33. The van der Waals surface area contributed by atoms with Crippen molar-refractivity contribution in [2.45, 2.75) is 13.3 Å². The van der Waals surface area contributed by atoms with Gasteiger partial charge >= 0.3 is 0 Å². The van der Waals surface area contributed by atoms with E-state index in [0.29, 0.717) is 22.1 Å². The van der Waals surface area contributed by atoms with Crippen LogP contribution in [0.25, 0.3) is 17.1 Å². The van der Waals surface area contributed by atoms with Crippen molar-refractivity contribution < 1.29 is 0 Å². The fourth-order valence-corrected chi connectivity index (χ4v) is 2.31. The summed E-state index contributed by atoms with van der Waals surface area (Å²) in [5.41, 5.74) is 9.35. The molecule has 1 aromatic heterocycles. The van der Waals surface area contributed by atoms with Crippen LogP contribution in [0.5, 0.6) is 0 Å². The molecule has 0 amide bonds. The number of anilines is 1. The minimum absolute atomic E-state index is 0.473. The van der Waals surface area contributed by atoms with Gasteiger partial charge in [0.25, 0.3) is 0 Å². The van der Waals surface area contributed by atoms with Crippen LogP contribution in [0.15, 0.2) is 42.5 Å². The molecule has 0 aliphatic carbocycles. The van der Waals surface area contributed by atoms with Gasteiger partial charge in [-0.25, -0.2) is 0 Å². The number of benzene rings is 2. The first-order chi connectivity index (χ1) is 10.2. The van der Waals surface area contributed by atoms with E-state index in [1.54, 1.807) is 10.7 Å². The summed E-state index contributed by atoms with van der Waals surface area (Å²) in [5, 5.41) is 12.4. The molecule has 3 aromatic rings. The Morgan fingerprint density at radius 1 is 1.14 bits per heavy atom. The van der Waals surface area contributed by atoms with Gasteiger partial charge in [0.05, 0.1) is 16.4 Å². The molecule has 2 N–H and O–H groups in total. The molecule has 0 aliphatic heterocycles. The third kappa shape index (κ3) is 2.48. The number of hydrogen-bond donors (Lipinski definition) is 1. The normalized spacial score (nSPS) is 10.8. The summed E-state index contributed by atoms with van der Waals surface area (Å²) < 4.78 is 1.65. The molecule has 106 valence electrons. The minimum atomic E-state index is 0.473. The lowest BCUT2D eigenvalue weighted by Crippen LogP contribution is -2.02. The van der Waals surface area contributed by atoms with E-state index in [0.717, 1.165) is 12.1 Å². The summed E-state index contributed by atoms with van der Waals surface area (Å²) in [6.07, 6.45) is 0.990. The summed E-state index contributed by atoms with van der Waals surface area (Å²) in [7, 11) is 0. The van der Waals surface area contributed by atoms with Crippen molar-refractivity contribution in [1.82, 2.24) is 20.2 Å². The quantitative estimate of drug-likeness (QED) is 0.754. The fourth-order valence-electron chi connectivity index (χ4n) is 2.13. The van der Waals surface area contributed by atoms with E-state index in [-0.39, 0.29) is 0 Å². The Labute approximate surface area is 127 Å². The Kier molecular flexibility index (Phi) is 3.58. The molecule has 5 nitrogen and oxygen atoms in total. The molecule has 0 saturated heterocycles. The number of tetrazole rings is 1. The molecule has 0 aliphatic rings. The topological polar surface area (TPSA) is 69.6 Å². The summed E-state index contributed by atoms with van der Waals surface area (Å²) in [4.78, 5) is 0. The first kappa shape index (κ1) is 13.6. The van der Waals surface area contributed by atoms with Crippen LogP contribution in [0.3, 0.4) is 0 Å². The van der Waals surface area contributed by atoms with Crippen molar-refractivity contribution in [2.24, 2.45) is 0 Å². The van der Waals surface area contributed by atoms with Crippen LogP contribution >= 0.6 is 11.6 Å². The largest absolute Gasteiger partial charge is 0.397 e. The zero-order valence-electron chi connectivity index (χ0n) is 11.5. The minimum Gasteiger partial charge on any atom is -0.397 e. The van der Waals surface area contributed by atoms with Gasteiger partial charge in [0.1, 0.15) is 0 Å². The lowest BCUT2D eigenvalue weighted by Gasteiger charge is -2.08. The highest BCUT2D eigenvalue weighted by Gasteiger charge is 2.14. The van der Waals surface area contributed by atoms with Crippen molar-refractivity contribution in [3.63, 3.8) is 0 Å². The van der Waals surface area contributed by atoms with Crippen LogP contribution in [0.2, 0.25) is 5.02 Å². The van der Waals surface area contributed by atoms with Crippen LogP contribution in [-0.2, 0) is 6.42 Å². The molecule has 3 rings (SSSR count). The van der Waals surface area contributed by atoms with Crippen LogP contribution in [0.1, 0.15) is 12.5 Å². The second-order valence-corrected chi connectivity index (χ2v) is 5.04. The van der Waals surface area contributed by atoms with Crippen LogP contribution < -0.4 is 5.73 Å². The van der Waals surface area contributed by atoms with Gasteiger partial charge in [0, 0.05) is 5.56 Å². The monoisotopic (exact) mass is 299 g/mol. The molecule has 0 bridgehead atoms. The molecule has 0 fully saturated rings. The van der Waals surface area contributed by atoms with E-state index >= 15 is 0 Å². The number of para-hydroxylation sites is 1. The first-order valence-electron chi connectivity index (χ1n) is 6.62. The predicted molar refractivity (Wildman–Crippen MR) is 83.4 cm³/mol. The summed E-state index contributed by atoms with van der Waals surface area (Å²) >= 11 is 6.07.